The highest BCUT2D eigenvalue weighted by Gasteiger charge is 2.15. The fourth-order valence-electron chi connectivity index (χ4n) is 3.11. The fourth-order valence-corrected chi connectivity index (χ4v) is 3.11. The molecule has 2 aromatic rings. The summed E-state index contributed by atoms with van der Waals surface area (Å²) in [7, 11) is 0. The van der Waals surface area contributed by atoms with E-state index >= 15 is 0 Å². The second-order valence-electron chi connectivity index (χ2n) is 6.24. The van der Waals surface area contributed by atoms with Gasteiger partial charge in [-0.3, -0.25) is 4.79 Å². The van der Waals surface area contributed by atoms with Crippen LogP contribution in [0.3, 0.4) is 0 Å². The number of amides is 1. The van der Waals surface area contributed by atoms with E-state index in [0.29, 0.717) is 23.6 Å². The highest BCUT2D eigenvalue weighted by atomic mass is 16.5. The molecule has 0 saturated heterocycles. The zero-order valence-electron chi connectivity index (χ0n) is 14.9. The van der Waals surface area contributed by atoms with Crippen molar-refractivity contribution in [2.45, 2.75) is 32.6 Å². The first-order valence-electron chi connectivity index (χ1n) is 8.98. The van der Waals surface area contributed by atoms with Crippen LogP contribution in [-0.2, 0) is 22.4 Å². The molecule has 1 N–H and O–H groups in total. The van der Waals surface area contributed by atoms with Gasteiger partial charge in [0.25, 0.3) is 5.91 Å². The molecule has 1 aliphatic carbocycles. The average Bonchev–Trinajstić information content (AvgIpc) is 2.67. The number of esters is 1. The number of carbonyl (C=O) groups excluding carboxylic acids is 2. The third-order valence-corrected chi connectivity index (χ3v) is 4.38. The molecule has 0 aliphatic heterocycles. The number of anilines is 1. The normalized spacial score (nSPS) is 12.8. The molecule has 0 aromatic heterocycles. The van der Waals surface area contributed by atoms with Crippen molar-refractivity contribution >= 4 is 17.6 Å². The maximum absolute atomic E-state index is 12.2. The predicted molar refractivity (Wildman–Crippen MR) is 99.6 cm³/mol. The molecule has 0 atom stereocenters. The minimum Gasteiger partial charge on any atom is -0.492 e. The van der Waals surface area contributed by atoms with E-state index in [0.717, 1.165) is 19.3 Å². The van der Waals surface area contributed by atoms with E-state index in [2.05, 4.69) is 5.32 Å². The van der Waals surface area contributed by atoms with Crippen LogP contribution in [0.4, 0.5) is 5.69 Å². The quantitative estimate of drug-likeness (QED) is 0.803. The molecule has 0 radical (unpaired) electrons. The summed E-state index contributed by atoms with van der Waals surface area (Å²) in [6.45, 7) is 2.04. The molecule has 0 unspecified atom stereocenters. The van der Waals surface area contributed by atoms with E-state index in [9.17, 15) is 9.59 Å². The number of carbonyl (C=O) groups is 2. The number of benzene rings is 2. The molecule has 3 rings (SSSR count). The molecule has 0 heterocycles. The summed E-state index contributed by atoms with van der Waals surface area (Å²) in [5.41, 5.74) is 3.57. The van der Waals surface area contributed by atoms with E-state index < -0.39 is 11.9 Å². The van der Waals surface area contributed by atoms with Crippen LogP contribution in [0, 0.1) is 0 Å². The Bertz CT molecular complexity index is 800. The van der Waals surface area contributed by atoms with Gasteiger partial charge in [-0.2, -0.15) is 0 Å². The van der Waals surface area contributed by atoms with Gasteiger partial charge in [0, 0.05) is 0 Å². The van der Waals surface area contributed by atoms with Crippen LogP contribution in [0.25, 0.3) is 0 Å². The first kappa shape index (κ1) is 18.0. The van der Waals surface area contributed by atoms with Gasteiger partial charge in [-0.15, -0.1) is 0 Å². The van der Waals surface area contributed by atoms with Crippen molar-refractivity contribution in [2.24, 2.45) is 0 Å². The molecule has 0 fully saturated rings. The van der Waals surface area contributed by atoms with Crippen LogP contribution in [0.5, 0.6) is 5.75 Å². The Kier molecular flexibility index (Phi) is 5.89. The summed E-state index contributed by atoms with van der Waals surface area (Å²) in [4.78, 5) is 24.3. The van der Waals surface area contributed by atoms with Crippen molar-refractivity contribution in [1.82, 2.24) is 0 Å². The van der Waals surface area contributed by atoms with Crippen molar-refractivity contribution in [2.75, 3.05) is 18.5 Å². The Labute approximate surface area is 153 Å². The number of rotatable bonds is 6. The van der Waals surface area contributed by atoms with E-state index in [-0.39, 0.29) is 6.61 Å². The van der Waals surface area contributed by atoms with Gasteiger partial charge in [0.15, 0.2) is 6.61 Å². The predicted octanol–water partition coefficient (Wildman–Crippen LogP) is 3.76. The standard InChI is InChI=1S/C21H23NO4/c1-2-25-19-10-6-5-9-18(19)22-20(23)14-26-21(24)17-12-11-15-7-3-4-8-16(15)13-17/h5-6,9-13H,2-4,7-8,14H2,1H3,(H,22,23). The van der Waals surface area contributed by atoms with Crippen molar-refractivity contribution in [3.8, 4) is 5.75 Å². The van der Waals surface area contributed by atoms with E-state index in [1.54, 1.807) is 24.3 Å². The van der Waals surface area contributed by atoms with E-state index in [4.69, 9.17) is 9.47 Å². The molecule has 0 saturated carbocycles. The van der Waals surface area contributed by atoms with Gasteiger partial charge in [-0.25, -0.2) is 4.79 Å². The van der Waals surface area contributed by atoms with Gasteiger partial charge in [-0.1, -0.05) is 18.2 Å². The van der Waals surface area contributed by atoms with E-state index in [1.807, 2.05) is 25.1 Å². The van der Waals surface area contributed by atoms with Crippen molar-refractivity contribution in [3.05, 3.63) is 59.2 Å². The number of aryl methyl sites for hydroxylation is 2. The fraction of sp³-hybridized carbons (Fsp3) is 0.333. The molecular weight excluding hydrogens is 330 g/mol. The summed E-state index contributed by atoms with van der Waals surface area (Å²) >= 11 is 0. The maximum atomic E-state index is 12.2. The second kappa shape index (κ2) is 8.52. The summed E-state index contributed by atoms with van der Waals surface area (Å²) in [6.07, 6.45) is 4.39. The second-order valence-corrected chi connectivity index (χ2v) is 6.24. The van der Waals surface area contributed by atoms with Crippen LogP contribution in [0.15, 0.2) is 42.5 Å². The molecule has 0 spiro atoms. The Balaban J connectivity index is 1.57. The lowest BCUT2D eigenvalue weighted by atomic mass is 9.90. The van der Waals surface area contributed by atoms with Gasteiger partial charge in [-0.05, 0) is 68.0 Å². The van der Waals surface area contributed by atoms with Crippen LogP contribution >= 0.6 is 0 Å². The number of nitrogens with one attached hydrogen (secondary N) is 1. The lowest BCUT2D eigenvalue weighted by molar-refractivity contribution is -0.119. The summed E-state index contributed by atoms with van der Waals surface area (Å²) in [6, 6.07) is 12.8. The molecule has 5 heteroatoms. The largest absolute Gasteiger partial charge is 0.492 e. The molecule has 1 aliphatic rings. The van der Waals surface area contributed by atoms with Crippen LogP contribution in [-0.4, -0.2) is 25.1 Å². The number of para-hydroxylation sites is 2. The Morgan fingerprint density at radius 2 is 1.81 bits per heavy atom. The molecule has 136 valence electrons. The molecule has 1 amide bonds. The molecule has 26 heavy (non-hydrogen) atoms. The average molecular weight is 353 g/mol. The molecule has 2 aromatic carbocycles. The highest BCUT2D eigenvalue weighted by Crippen LogP contribution is 2.24. The van der Waals surface area contributed by atoms with Gasteiger partial charge in [0.1, 0.15) is 5.75 Å². The Hall–Kier alpha value is -2.82. The minimum atomic E-state index is -0.480. The Morgan fingerprint density at radius 3 is 2.62 bits per heavy atom. The molecular formula is C21H23NO4. The van der Waals surface area contributed by atoms with Crippen molar-refractivity contribution < 1.29 is 19.1 Å². The number of ether oxygens (including phenoxy) is 2. The summed E-state index contributed by atoms with van der Waals surface area (Å²) < 4.78 is 10.6. The lowest BCUT2D eigenvalue weighted by Crippen LogP contribution is -2.21. The first-order chi connectivity index (χ1) is 12.7. The monoisotopic (exact) mass is 353 g/mol. The number of hydrogen-bond acceptors (Lipinski definition) is 4. The number of hydrogen-bond donors (Lipinski definition) is 1. The summed E-state index contributed by atoms with van der Waals surface area (Å²) in [5.74, 6) is -0.292. The van der Waals surface area contributed by atoms with Crippen molar-refractivity contribution in [1.29, 1.82) is 0 Å². The third-order valence-electron chi connectivity index (χ3n) is 4.38. The minimum absolute atomic E-state index is 0.337. The molecule has 0 bridgehead atoms. The lowest BCUT2D eigenvalue weighted by Gasteiger charge is -2.16. The van der Waals surface area contributed by atoms with Crippen LogP contribution in [0.2, 0.25) is 0 Å². The zero-order valence-corrected chi connectivity index (χ0v) is 14.9. The SMILES string of the molecule is CCOc1ccccc1NC(=O)COC(=O)c1ccc2c(c1)CCCC2. The topological polar surface area (TPSA) is 64.6 Å². The van der Waals surface area contributed by atoms with Gasteiger partial charge in [0.05, 0.1) is 17.9 Å². The van der Waals surface area contributed by atoms with Gasteiger partial charge < -0.3 is 14.8 Å². The third kappa shape index (κ3) is 4.42. The molecule has 5 nitrogen and oxygen atoms in total. The van der Waals surface area contributed by atoms with Crippen LogP contribution in [0.1, 0.15) is 41.3 Å². The zero-order chi connectivity index (χ0) is 18.4. The summed E-state index contributed by atoms with van der Waals surface area (Å²) in [5, 5.41) is 2.71. The van der Waals surface area contributed by atoms with E-state index in [1.165, 1.54) is 17.5 Å². The van der Waals surface area contributed by atoms with Gasteiger partial charge >= 0.3 is 5.97 Å². The first-order valence-corrected chi connectivity index (χ1v) is 8.98. The van der Waals surface area contributed by atoms with Gasteiger partial charge in [0.2, 0.25) is 0 Å². The number of fused-ring (bicyclic) bond motifs is 1. The highest BCUT2D eigenvalue weighted by molar-refractivity contribution is 5.96. The van der Waals surface area contributed by atoms with Crippen molar-refractivity contribution in [3.63, 3.8) is 0 Å². The maximum Gasteiger partial charge on any atom is 0.338 e. The smallest absolute Gasteiger partial charge is 0.338 e. The van der Waals surface area contributed by atoms with Crippen LogP contribution < -0.4 is 10.1 Å². The Morgan fingerprint density at radius 1 is 1.04 bits per heavy atom.